The van der Waals surface area contributed by atoms with Gasteiger partial charge >= 0.3 is 8.56 Å². The summed E-state index contributed by atoms with van der Waals surface area (Å²) in [6.45, 7) is 20.3. The molecule has 0 N–H and O–H groups in total. The molecule has 0 heterocycles. The lowest BCUT2D eigenvalue weighted by Crippen LogP contribution is -2.55. The Morgan fingerprint density at radius 2 is 1.41 bits per heavy atom. The highest BCUT2D eigenvalue weighted by Gasteiger charge is 2.41. The molecule has 0 aromatic heterocycles. The summed E-state index contributed by atoms with van der Waals surface area (Å²) in [7, 11) is -6.12. The minimum atomic E-state index is -2.09. The van der Waals surface area contributed by atoms with Gasteiger partial charge in [-0.3, -0.25) is 0 Å². The molecule has 0 bridgehead atoms. The van der Waals surface area contributed by atoms with Crippen molar-refractivity contribution in [2.75, 3.05) is 6.23 Å². The molecule has 22 heavy (non-hydrogen) atoms. The lowest BCUT2D eigenvalue weighted by Gasteiger charge is -2.40. The van der Waals surface area contributed by atoms with E-state index in [1.54, 1.807) is 0 Å². The van der Waals surface area contributed by atoms with Gasteiger partial charge in [0, 0.05) is 0 Å². The first kappa shape index (κ1) is 22.7. The van der Waals surface area contributed by atoms with Gasteiger partial charge in [-0.1, -0.05) is 32.6 Å². The van der Waals surface area contributed by atoms with E-state index in [0.29, 0.717) is 0 Å². The number of rotatable bonds is 12. The lowest BCUT2D eigenvalue weighted by atomic mass is 10.2. The quantitative estimate of drug-likeness (QED) is 0.330. The Labute approximate surface area is 144 Å². The fourth-order valence-electron chi connectivity index (χ4n) is 2.58. The average Bonchev–Trinajstić information content (AvgIpc) is 2.29. The molecule has 1 unspecified atom stereocenters. The van der Waals surface area contributed by atoms with Crippen LogP contribution >= 0.6 is 0 Å². The molecule has 0 aliphatic heterocycles. The Kier molecular flexibility index (Phi) is 10.2. The number of hydrogen-bond acceptors (Lipinski definition) is 3. The summed E-state index contributed by atoms with van der Waals surface area (Å²) < 4.78 is 19.2. The molecule has 0 spiro atoms. The SMILES string of the molecule is CCCCCC[Si](C)(O[Si](C)(C)C)O[Si](C)(C)CO[Si](C)C. The van der Waals surface area contributed by atoms with Gasteiger partial charge in [-0.15, -0.1) is 0 Å². The lowest BCUT2D eigenvalue weighted by molar-refractivity contribution is 0.329. The second-order valence-electron chi connectivity index (χ2n) is 8.22. The van der Waals surface area contributed by atoms with E-state index in [1.807, 2.05) is 0 Å². The zero-order valence-electron chi connectivity index (χ0n) is 16.5. The van der Waals surface area contributed by atoms with Crippen molar-refractivity contribution in [1.29, 1.82) is 0 Å². The largest absolute Gasteiger partial charge is 0.437 e. The topological polar surface area (TPSA) is 27.7 Å². The summed E-state index contributed by atoms with van der Waals surface area (Å²) in [5, 5.41) is 0. The molecule has 0 fully saturated rings. The minimum Gasteiger partial charge on any atom is -0.437 e. The molecule has 3 nitrogen and oxygen atoms in total. The molecule has 0 amide bonds. The van der Waals surface area contributed by atoms with E-state index < -0.39 is 34.2 Å². The monoisotopic (exact) mass is 379 g/mol. The molecule has 133 valence electrons. The Balaban J connectivity index is 4.75. The van der Waals surface area contributed by atoms with Gasteiger partial charge in [-0.05, 0) is 58.4 Å². The van der Waals surface area contributed by atoms with Crippen LogP contribution in [0.4, 0.5) is 0 Å². The third kappa shape index (κ3) is 12.2. The highest BCUT2D eigenvalue weighted by atomic mass is 28.5. The predicted molar refractivity (Wildman–Crippen MR) is 107 cm³/mol. The Morgan fingerprint density at radius 3 is 1.86 bits per heavy atom. The summed E-state index contributed by atoms with van der Waals surface area (Å²) >= 11 is 0. The van der Waals surface area contributed by atoms with Crippen molar-refractivity contribution in [2.45, 2.75) is 91.0 Å². The van der Waals surface area contributed by atoms with E-state index in [9.17, 15) is 0 Å². The number of hydrogen-bond donors (Lipinski definition) is 0. The molecular formula is C15H39O3Si4. The molecule has 0 aromatic rings. The molecule has 0 rings (SSSR count). The van der Waals surface area contributed by atoms with Gasteiger partial charge in [0.25, 0.3) is 0 Å². The summed E-state index contributed by atoms with van der Waals surface area (Å²) in [5.74, 6) is 0. The van der Waals surface area contributed by atoms with Crippen LogP contribution in [0.15, 0.2) is 0 Å². The van der Waals surface area contributed by atoms with Gasteiger partial charge in [-0.25, -0.2) is 0 Å². The van der Waals surface area contributed by atoms with E-state index in [-0.39, 0.29) is 0 Å². The van der Waals surface area contributed by atoms with Gasteiger partial charge in [0.2, 0.25) is 9.04 Å². The molecule has 7 heteroatoms. The zero-order chi connectivity index (χ0) is 17.4. The van der Waals surface area contributed by atoms with Gasteiger partial charge in [0.05, 0.1) is 6.23 Å². The average molecular weight is 380 g/mol. The van der Waals surface area contributed by atoms with Gasteiger partial charge < -0.3 is 12.7 Å². The maximum absolute atomic E-state index is 6.71. The van der Waals surface area contributed by atoms with Gasteiger partial charge in [0.1, 0.15) is 0 Å². The normalized spacial score (nSPS) is 16.1. The van der Waals surface area contributed by atoms with Crippen LogP contribution in [0.3, 0.4) is 0 Å². The number of unbranched alkanes of at least 4 members (excludes halogenated alkanes) is 3. The second kappa shape index (κ2) is 9.90. The standard InChI is InChI=1S/C15H39O3Si4/c1-10-11-12-13-14-22(9,17-20(4,5)6)18-21(7,8)15-16-19(2)3/h10-15H2,1-9H3. The molecule has 0 saturated carbocycles. The van der Waals surface area contributed by atoms with Gasteiger partial charge in [-0.2, -0.15) is 0 Å². The molecule has 1 atom stereocenters. The van der Waals surface area contributed by atoms with Gasteiger partial charge in [0.15, 0.2) is 16.6 Å². The van der Waals surface area contributed by atoms with E-state index >= 15 is 0 Å². The smallest absolute Gasteiger partial charge is 0.314 e. The van der Waals surface area contributed by atoms with Crippen LogP contribution in [0.5, 0.6) is 0 Å². The van der Waals surface area contributed by atoms with Crippen molar-refractivity contribution >= 4 is 34.2 Å². The molecule has 0 aliphatic rings. The van der Waals surface area contributed by atoms with E-state index in [0.717, 1.165) is 12.3 Å². The molecule has 1 radical (unpaired) electrons. The van der Waals surface area contributed by atoms with Crippen molar-refractivity contribution < 1.29 is 12.7 Å². The van der Waals surface area contributed by atoms with Crippen LogP contribution in [-0.4, -0.2) is 40.5 Å². The summed E-state index contributed by atoms with van der Waals surface area (Å²) in [4.78, 5) is 0. The van der Waals surface area contributed by atoms with Crippen molar-refractivity contribution in [1.82, 2.24) is 0 Å². The summed E-state index contributed by atoms with van der Waals surface area (Å²) in [6, 6.07) is 1.13. The highest BCUT2D eigenvalue weighted by Crippen LogP contribution is 2.26. The third-order valence-electron chi connectivity index (χ3n) is 3.21. The fourth-order valence-corrected chi connectivity index (χ4v) is 17.5. The van der Waals surface area contributed by atoms with Crippen LogP contribution in [0.1, 0.15) is 32.6 Å². The van der Waals surface area contributed by atoms with Crippen LogP contribution in [0.2, 0.25) is 58.4 Å². The first-order chi connectivity index (χ1) is 9.89. The minimum absolute atomic E-state index is 0.643. The van der Waals surface area contributed by atoms with E-state index in [2.05, 4.69) is 59.3 Å². The summed E-state index contributed by atoms with van der Waals surface area (Å²) in [6.07, 6.45) is 5.94. The predicted octanol–water partition coefficient (Wildman–Crippen LogP) is 5.52. The molecular weight excluding hydrogens is 341 g/mol. The first-order valence-corrected chi connectivity index (χ1v) is 20.2. The highest BCUT2D eigenvalue weighted by molar-refractivity contribution is 6.88. The van der Waals surface area contributed by atoms with Crippen molar-refractivity contribution in [3.63, 3.8) is 0 Å². The Hall–Kier alpha value is 0.748. The molecule has 0 aliphatic carbocycles. The van der Waals surface area contributed by atoms with Crippen molar-refractivity contribution in [3.8, 4) is 0 Å². The second-order valence-corrected chi connectivity index (χ2v) is 22.8. The van der Waals surface area contributed by atoms with Crippen molar-refractivity contribution in [2.24, 2.45) is 0 Å². The molecule has 0 aromatic carbocycles. The van der Waals surface area contributed by atoms with Crippen LogP contribution in [0.25, 0.3) is 0 Å². The Bertz CT molecular complexity index is 306. The third-order valence-corrected chi connectivity index (χ3v) is 14.4. The Morgan fingerprint density at radius 1 is 0.818 bits per heavy atom. The van der Waals surface area contributed by atoms with Crippen LogP contribution < -0.4 is 0 Å². The maximum atomic E-state index is 6.71. The first-order valence-electron chi connectivity index (χ1n) is 8.72. The van der Waals surface area contributed by atoms with Crippen LogP contribution in [-0.2, 0) is 12.7 Å². The van der Waals surface area contributed by atoms with Crippen LogP contribution in [0, 0.1) is 0 Å². The maximum Gasteiger partial charge on any atom is 0.314 e. The molecule has 0 saturated heterocycles. The zero-order valence-corrected chi connectivity index (χ0v) is 20.5. The van der Waals surface area contributed by atoms with E-state index in [1.165, 1.54) is 25.7 Å². The van der Waals surface area contributed by atoms with E-state index in [4.69, 9.17) is 12.7 Å². The summed E-state index contributed by atoms with van der Waals surface area (Å²) in [5.41, 5.74) is 0. The van der Waals surface area contributed by atoms with Crippen molar-refractivity contribution in [3.05, 3.63) is 0 Å². The fraction of sp³-hybridized carbons (Fsp3) is 1.00.